The molecule has 2 rings (SSSR count). The van der Waals surface area contributed by atoms with Gasteiger partial charge in [-0.2, -0.15) is 0 Å². The number of aliphatic hydroxyl groups is 1. The predicted molar refractivity (Wildman–Crippen MR) is 55.2 cm³/mol. The minimum atomic E-state index is 0.345. The van der Waals surface area contributed by atoms with Crippen LogP contribution in [0.3, 0.4) is 0 Å². The van der Waals surface area contributed by atoms with Crippen LogP contribution in [0, 0.1) is 5.92 Å². The van der Waals surface area contributed by atoms with Crippen LogP contribution >= 0.6 is 0 Å². The zero-order valence-corrected chi connectivity index (χ0v) is 8.98. The quantitative estimate of drug-likeness (QED) is 0.716. The first-order valence-electron chi connectivity index (χ1n) is 5.73. The Morgan fingerprint density at radius 1 is 1.36 bits per heavy atom. The topological polar surface area (TPSA) is 32.7 Å². The Hall–Kier alpha value is -0.120. The van der Waals surface area contributed by atoms with Crippen LogP contribution in [0.4, 0.5) is 0 Å². The van der Waals surface area contributed by atoms with Crippen LogP contribution in [0.5, 0.6) is 0 Å². The fourth-order valence-corrected chi connectivity index (χ4v) is 2.96. The summed E-state index contributed by atoms with van der Waals surface area (Å²) in [4.78, 5) is 2.54. The zero-order chi connectivity index (χ0) is 9.97. The highest BCUT2D eigenvalue weighted by atomic mass is 16.5. The lowest BCUT2D eigenvalue weighted by atomic mass is 9.83. The summed E-state index contributed by atoms with van der Waals surface area (Å²) < 4.78 is 5.42. The molecule has 0 radical (unpaired) electrons. The highest BCUT2D eigenvalue weighted by Crippen LogP contribution is 2.31. The summed E-state index contributed by atoms with van der Waals surface area (Å²) in [5, 5.41) is 9.32. The van der Waals surface area contributed by atoms with Gasteiger partial charge in [-0.05, 0) is 38.1 Å². The average molecular weight is 199 g/mol. The monoisotopic (exact) mass is 199 g/mol. The molecule has 3 unspecified atom stereocenters. The van der Waals surface area contributed by atoms with Crippen molar-refractivity contribution < 1.29 is 9.84 Å². The first-order valence-corrected chi connectivity index (χ1v) is 5.73. The third kappa shape index (κ3) is 1.95. The number of hydrogen-bond donors (Lipinski definition) is 1. The summed E-state index contributed by atoms with van der Waals surface area (Å²) in [5.74, 6) is 0.488. The molecule has 0 bridgehead atoms. The molecule has 2 aliphatic heterocycles. The van der Waals surface area contributed by atoms with E-state index in [1.165, 1.54) is 19.4 Å². The van der Waals surface area contributed by atoms with E-state index in [-0.39, 0.29) is 0 Å². The number of fused-ring (bicyclic) bond motifs is 1. The predicted octanol–water partition coefficient (Wildman–Crippen LogP) is 0.868. The van der Waals surface area contributed by atoms with Crippen molar-refractivity contribution in [3.63, 3.8) is 0 Å². The molecular weight excluding hydrogens is 178 g/mol. The SMILES string of the molecule is COC1CCN2CCCC(CO)C2C1. The van der Waals surface area contributed by atoms with Gasteiger partial charge >= 0.3 is 0 Å². The summed E-state index contributed by atoms with van der Waals surface area (Å²) in [6.07, 6.45) is 5.13. The van der Waals surface area contributed by atoms with Crippen molar-refractivity contribution in [2.24, 2.45) is 5.92 Å². The number of aliphatic hydroxyl groups excluding tert-OH is 1. The van der Waals surface area contributed by atoms with Crippen molar-refractivity contribution in [3.05, 3.63) is 0 Å². The van der Waals surface area contributed by atoms with E-state index in [4.69, 9.17) is 4.74 Å². The minimum absolute atomic E-state index is 0.345. The molecule has 2 fully saturated rings. The maximum Gasteiger partial charge on any atom is 0.0598 e. The van der Waals surface area contributed by atoms with Gasteiger partial charge in [-0.3, -0.25) is 4.90 Å². The molecule has 3 nitrogen and oxygen atoms in total. The van der Waals surface area contributed by atoms with Gasteiger partial charge in [0.05, 0.1) is 6.10 Å². The zero-order valence-electron chi connectivity index (χ0n) is 8.98. The summed E-state index contributed by atoms with van der Waals surface area (Å²) in [5.41, 5.74) is 0. The summed E-state index contributed by atoms with van der Waals surface area (Å²) in [7, 11) is 1.80. The lowest BCUT2D eigenvalue weighted by Crippen LogP contribution is -2.52. The first kappa shape index (κ1) is 10.4. The third-order valence-electron chi connectivity index (χ3n) is 3.84. The molecule has 0 spiro atoms. The van der Waals surface area contributed by atoms with Crippen molar-refractivity contribution in [1.29, 1.82) is 0 Å². The summed E-state index contributed by atoms with van der Waals surface area (Å²) in [6.45, 7) is 2.72. The summed E-state index contributed by atoms with van der Waals surface area (Å²) >= 11 is 0. The van der Waals surface area contributed by atoms with Gasteiger partial charge in [-0.1, -0.05) is 0 Å². The molecule has 0 aromatic rings. The molecule has 2 saturated heterocycles. The fraction of sp³-hybridized carbons (Fsp3) is 1.00. The standard InChI is InChI=1S/C11H21NO2/c1-14-10-4-6-12-5-2-3-9(8-13)11(12)7-10/h9-11,13H,2-8H2,1H3. The van der Waals surface area contributed by atoms with Crippen LogP contribution in [-0.2, 0) is 4.74 Å². The van der Waals surface area contributed by atoms with Crippen molar-refractivity contribution in [2.75, 3.05) is 26.8 Å². The van der Waals surface area contributed by atoms with Gasteiger partial charge in [0.15, 0.2) is 0 Å². The second kappa shape index (κ2) is 4.60. The molecule has 2 aliphatic rings. The third-order valence-corrected chi connectivity index (χ3v) is 3.84. The van der Waals surface area contributed by atoms with Gasteiger partial charge in [0.2, 0.25) is 0 Å². The molecule has 1 N–H and O–H groups in total. The molecule has 0 amide bonds. The van der Waals surface area contributed by atoms with E-state index in [1.54, 1.807) is 7.11 Å². The van der Waals surface area contributed by atoms with Crippen LogP contribution < -0.4 is 0 Å². The second-order valence-corrected chi connectivity index (χ2v) is 4.57. The highest BCUT2D eigenvalue weighted by Gasteiger charge is 2.35. The summed E-state index contributed by atoms with van der Waals surface area (Å²) in [6, 6.07) is 0.576. The van der Waals surface area contributed by atoms with Crippen LogP contribution in [-0.4, -0.2) is 49.0 Å². The lowest BCUT2D eigenvalue weighted by Gasteiger charge is -2.45. The molecule has 3 atom stereocenters. The van der Waals surface area contributed by atoms with Gasteiger partial charge in [-0.25, -0.2) is 0 Å². The molecule has 3 heteroatoms. The molecule has 82 valence electrons. The van der Waals surface area contributed by atoms with Crippen LogP contribution in [0.2, 0.25) is 0 Å². The van der Waals surface area contributed by atoms with Crippen molar-refractivity contribution in [1.82, 2.24) is 4.90 Å². The molecular formula is C11H21NO2. The Kier molecular flexibility index (Phi) is 3.42. The molecule has 0 aromatic heterocycles. The normalized spacial score (nSPS) is 39.4. The van der Waals surface area contributed by atoms with E-state index in [9.17, 15) is 5.11 Å². The van der Waals surface area contributed by atoms with E-state index < -0.39 is 0 Å². The van der Waals surface area contributed by atoms with E-state index >= 15 is 0 Å². The van der Waals surface area contributed by atoms with Gasteiger partial charge in [0.25, 0.3) is 0 Å². The van der Waals surface area contributed by atoms with E-state index in [2.05, 4.69) is 4.90 Å². The second-order valence-electron chi connectivity index (χ2n) is 4.57. The number of nitrogens with zero attached hydrogens (tertiary/aromatic N) is 1. The average Bonchev–Trinajstić information content (AvgIpc) is 2.27. The van der Waals surface area contributed by atoms with Crippen LogP contribution in [0.25, 0.3) is 0 Å². The number of methoxy groups -OCH3 is 1. The van der Waals surface area contributed by atoms with E-state index in [0.717, 1.165) is 19.4 Å². The van der Waals surface area contributed by atoms with E-state index in [1.807, 2.05) is 0 Å². The number of piperidine rings is 2. The minimum Gasteiger partial charge on any atom is -0.396 e. The molecule has 2 heterocycles. The Morgan fingerprint density at radius 3 is 2.93 bits per heavy atom. The molecule has 0 aliphatic carbocycles. The van der Waals surface area contributed by atoms with E-state index in [0.29, 0.717) is 24.7 Å². The Balaban J connectivity index is 1.98. The smallest absolute Gasteiger partial charge is 0.0598 e. The van der Waals surface area contributed by atoms with Crippen LogP contribution in [0.15, 0.2) is 0 Å². The Bertz CT molecular complexity index is 180. The Morgan fingerprint density at radius 2 is 2.21 bits per heavy atom. The molecule has 0 aromatic carbocycles. The van der Waals surface area contributed by atoms with Crippen molar-refractivity contribution in [2.45, 2.75) is 37.8 Å². The van der Waals surface area contributed by atoms with Crippen molar-refractivity contribution in [3.8, 4) is 0 Å². The maximum atomic E-state index is 9.32. The van der Waals surface area contributed by atoms with Gasteiger partial charge < -0.3 is 9.84 Å². The first-order chi connectivity index (χ1) is 6.85. The fourth-order valence-electron chi connectivity index (χ4n) is 2.96. The van der Waals surface area contributed by atoms with Crippen molar-refractivity contribution >= 4 is 0 Å². The van der Waals surface area contributed by atoms with Crippen LogP contribution in [0.1, 0.15) is 25.7 Å². The highest BCUT2D eigenvalue weighted by molar-refractivity contribution is 4.89. The largest absolute Gasteiger partial charge is 0.396 e. The van der Waals surface area contributed by atoms with Gasteiger partial charge in [-0.15, -0.1) is 0 Å². The lowest BCUT2D eigenvalue weighted by molar-refractivity contribution is -0.0348. The number of ether oxygens (including phenoxy) is 1. The molecule has 14 heavy (non-hydrogen) atoms. The number of hydrogen-bond acceptors (Lipinski definition) is 3. The molecule has 0 saturated carbocycles. The maximum absolute atomic E-state index is 9.32. The van der Waals surface area contributed by atoms with Gasteiger partial charge in [0.1, 0.15) is 0 Å². The van der Waals surface area contributed by atoms with Gasteiger partial charge in [0, 0.05) is 26.3 Å². The Labute approximate surface area is 86.0 Å². The number of rotatable bonds is 2.